The highest BCUT2D eigenvalue weighted by Gasteiger charge is 2.30. The molecule has 0 bridgehead atoms. The molecule has 0 aromatic carbocycles. The summed E-state index contributed by atoms with van der Waals surface area (Å²) in [5, 5.41) is 0.434. The van der Waals surface area contributed by atoms with Gasteiger partial charge in [0.1, 0.15) is 0 Å². The van der Waals surface area contributed by atoms with Crippen LogP contribution >= 0.6 is 11.6 Å². The van der Waals surface area contributed by atoms with Crippen molar-refractivity contribution >= 4 is 11.6 Å². The first-order valence-electron chi connectivity index (χ1n) is 4.79. The molecule has 1 fully saturated rings. The van der Waals surface area contributed by atoms with E-state index < -0.39 is 0 Å². The topological polar surface area (TPSA) is 0 Å². The molecule has 0 heterocycles. The number of halogens is 1. The van der Waals surface area contributed by atoms with Gasteiger partial charge in [-0.3, -0.25) is 0 Å². The van der Waals surface area contributed by atoms with Crippen LogP contribution in [0.4, 0.5) is 0 Å². The van der Waals surface area contributed by atoms with E-state index in [4.69, 9.17) is 11.6 Å². The SMILES string of the molecule is CCC1CC(C)CC(Cl)C1C. The molecule has 0 aliphatic heterocycles. The van der Waals surface area contributed by atoms with Gasteiger partial charge >= 0.3 is 0 Å². The average molecular weight is 175 g/mol. The smallest absolute Gasteiger partial charge is 0.0366 e. The van der Waals surface area contributed by atoms with Gasteiger partial charge < -0.3 is 0 Å². The van der Waals surface area contributed by atoms with Crippen LogP contribution in [0.15, 0.2) is 0 Å². The Morgan fingerprint density at radius 2 is 1.91 bits per heavy atom. The van der Waals surface area contributed by atoms with E-state index >= 15 is 0 Å². The van der Waals surface area contributed by atoms with Gasteiger partial charge in [0, 0.05) is 5.38 Å². The van der Waals surface area contributed by atoms with Gasteiger partial charge in [0.15, 0.2) is 0 Å². The standard InChI is InChI=1S/C10H19Cl/c1-4-9-5-7(2)6-10(11)8(9)3/h7-10H,4-6H2,1-3H3. The quantitative estimate of drug-likeness (QED) is 0.532. The van der Waals surface area contributed by atoms with Crippen molar-refractivity contribution in [1.29, 1.82) is 0 Å². The van der Waals surface area contributed by atoms with E-state index in [1.54, 1.807) is 0 Å². The van der Waals surface area contributed by atoms with E-state index in [2.05, 4.69) is 20.8 Å². The molecule has 4 unspecified atom stereocenters. The Morgan fingerprint density at radius 1 is 1.27 bits per heavy atom. The molecular formula is C10H19Cl. The Labute approximate surface area is 75.3 Å². The molecule has 1 heteroatoms. The second-order valence-corrected chi connectivity index (χ2v) is 4.68. The second-order valence-electron chi connectivity index (χ2n) is 4.12. The Morgan fingerprint density at radius 3 is 2.45 bits per heavy atom. The third-order valence-electron chi connectivity index (χ3n) is 3.17. The molecule has 0 aromatic rings. The molecule has 0 N–H and O–H groups in total. The third kappa shape index (κ3) is 2.11. The predicted octanol–water partition coefficient (Wildman–Crippen LogP) is 3.69. The summed E-state index contributed by atoms with van der Waals surface area (Å²) in [5.41, 5.74) is 0. The molecule has 1 aliphatic carbocycles. The van der Waals surface area contributed by atoms with Crippen molar-refractivity contribution in [3.05, 3.63) is 0 Å². The Balaban J connectivity index is 2.51. The highest BCUT2D eigenvalue weighted by atomic mass is 35.5. The van der Waals surface area contributed by atoms with Gasteiger partial charge in [0.25, 0.3) is 0 Å². The monoisotopic (exact) mass is 174 g/mol. The fourth-order valence-corrected chi connectivity index (χ4v) is 2.77. The maximum absolute atomic E-state index is 6.24. The summed E-state index contributed by atoms with van der Waals surface area (Å²) in [5.74, 6) is 2.46. The molecule has 0 saturated heterocycles. The van der Waals surface area contributed by atoms with Gasteiger partial charge in [-0.05, 0) is 30.6 Å². The zero-order chi connectivity index (χ0) is 8.43. The van der Waals surface area contributed by atoms with Crippen molar-refractivity contribution in [2.24, 2.45) is 17.8 Å². The first kappa shape index (κ1) is 9.38. The summed E-state index contributed by atoms with van der Waals surface area (Å²) >= 11 is 6.24. The molecule has 1 rings (SSSR count). The lowest BCUT2D eigenvalue weighted by molar-refractivity contribution is 0.203. The van der Waals surface area contributed by atoms with Crippen molar-refractivity contribution < 1.29 is 0 Å². The molecular weight excluding hydrogens is 156 g/mol. The molecule has 1 saturated carbocycles. The number of hydrogen-bond acceptors (Lipinski definition) is 0. The Bertz CT molecular complexity index is 122. The van der Waals surface area contributed by atoms with Crippen LogP contribution in [0.1, 0.15) is 40.0 Å². The van der Waals surface area contributed by atoms with Gasteiger partial charge in [-0.2, -0.15) is 0 Å². The summed E-state index contributed by atoms with van der Waals surface area (Å²) in [4.78, 5) is 0. The van der Waals surface area contributed by atoms with Crippen LogP contribution in [0, 0.1) is 17.8 Å². The summed E-state index contributed by atoms with van der Waals surface area (Å²) < 4.78 is 0. The van der Waals surface area contributed by atoms with Crippen molar-refractivity contribution in [2.45, 2.75) is 45.4 Å². The third-order valence-corrected chi connectivity index (χ3v) is 3.75. The molecule has 4 atom stereocenters. The van der Waals surface area contributed by atoms with Crippen LogP contribution in [0.25, 0.3) is 0 Å². The minimum absolute atomic E-state index is 0.434. The molecule has 0 aromatic heterocycles. The van der Waals surface area contributed by atoms with E-state index in [1.165, 1.54) is 19.3 Å². The molecule has 1 aliphatic rings. The summed E-state index contributed by atoms with van der Waals surface area (Å²) in [6.07, 6.45) is 3.91. The van der Waals surface area contributed by atoms with Crippen molar-refractivity contribution in [3.63, 3.8) is 0 Å². The molecule has 0 amide bonds. The van der Waals surface area contributed by atoms with Gasteiger partial charge in [0.05, 0.1) is 0 Å². The van der Waals surface area contributed by atoms with Crippen LogP contribution < -0.4 is 0 Å². The first-order valence-corrected chi connectivity index (χ1v) is 5.22. The first-order chi connectivity index (χ1) is 5.15. The molecule has 0 nitrogen and oxygen atoms in total. The van der Waals surface area contributed by atoms with E-state index in [9.17, 15) is 0 Å². The van der Waals surface area contributed by atoms with Crippen LogP contribution in [-0.4, -0.2) is 5.38 Å². The summed E-state index contributed by atoms with van der Waals surface area (Å²) in [6.45, 7) is 6.91. The summed E-state index contributed by atoms with van der Waals surface area (Å²) in [6, 6.07) is 0. The number of alkyl halides is 1. The van der Waals surface area contributed by atoms with Crippen LogP contribution in [0.3, 0.4) is 0 Å². The molecule has 0 radical (unpaired) electrons. The normalized spacial score (nSPS) is 45.8. The number of hydrogen-bond donors (Lipinski definition) is 0. The maximum Gasteiger partial charge on any atom is 0.0366 e. The summed E-state index contributed by atoms with van der Waals surface area (Å²) in [7, 11) is 0. The highest BCUT2D eigenvalue weighted by molar-refractivity contribution is 6.20. The van der Waals surface area contributed by atoms with E-state index in [-0.39, 0.29) is 0 Å². The predicted molar refractivity (Wildman–Crippen MR) is 51.0 cm³/mol. The van der Waals surface area contributed by atoms with E-state index in [0.29, 0.717) is 5.38 Å². The average Bonchev–Trinajstić information content (AvgIpc) is 1.96. The zero-order valence-electron chi connectivity index (χ0n) is 7.81. The highest BCUT2D eigenvalue weighted by Crippen LogP contribution is 2.38. The van der Waals surface area contributed by atoms with Crippen LogP contribution in [0.2, 0.25) is 0 Å². The molecule has 11 heavy (non-hydrogen) atoms. The van der Waals surface area contributed by atoms with Crippen molar-refractivity contribution in [1.82, 2.24) is 0 Å². The lowest BCUT2D eigenvalue weighted by atomic mass is 9.74. The van der Waals surface area contributed by atoms with Crippen molar-refractivity contribution in [3.8, 4) is 0 Å². The largest absolute Gasteiger partial charge is 0.123 e. The van der Waals surface area contributed by atoms with Crippen LogP contribution in [0.5, 0.6) is 0 Å². The van der Waals surface area contributed by atoms with E-state index in [0.717, 1.165) is 17.8 Å². The Hall–Kier alpha value is 0.290. The Kier molecular flexibility index (Phi) is 3.24. The van der Waals surface area contributed by atoms with Gasteiger partial charge in [0.2, 0.25) is 0 Å². The fourth-order valence-electron chi connectivity index (χ4n) is 2.26. The van der Waals surface area contributed by atoms with Gasteiger partial charge in [-0.1, -0.05) is 27.2 Å². The maximum atomic E-state index is 6.24. The van der Waals surface area contributed by atoms with Gasteiger partial charge in [-0.25, -0.2) is 0 Å². The minimum atomic E-state index is 0.434. The lowest BCUT2D eigenvalue weighted by Gasteiger charge is -2.35. The number of rotatable bonds is 1. The molecule has 66 valence electrons. The fraction of sp³-hybridized carbons (Fsp3) is 1.00. The van der Waals surface area contributed by atoms with Crippen LogP contribution in [-0.2, 0) is 0 Å². The lowest BCUT2D eigenvalue weighted by Crippen LogP contribution is -2.30. The van der Waals surface area contributed by atoms with Gasteiger partial charge in [-0.15, -0.1) is 11.6 Å². The zero-order valence-corrected chi connectivity index (χ0v) is 8.56. The van der Waals surface area contributed by atoms with E-state index in [1.807, 2.05) is 0 Å². The molecule has 0 spiro atoms. The van der Waals surface area contributed by atoms with Crippen molar-refractivity contribution in [2.75, 3.05) is 0 Å². The second kappa shape index (κ2) is 3.80. The minimum Gasteiger partial charge on any atom is -0.123 e.